The van der Waals surface area contributed by atoms with Crippen LogP contribution in [0, 0.1) is 0 Å². The van der Waals surface area contributed by atoms with Crippen LogP contribution in [-0.4, -0.2) is 13.0 Å². The molecule has 148 valence electrons. The summed E-state index contributed by atoms with van der Waals surface area (Å²) in [7, 11) is 1.51. The normalized spacial score (nSPS) is 15.0. The molecular formula is C22H16F3NO3. The molecule has 0 spiro atoms. The highest BCUT2D eigenvalue weighted by atomic mass is 19.3. The van der Waals surface area contributed by atoms with Crippen LogP contribution in [0.25, 0.3) is 11.1 Å². The number of rotatable bonds is 4. The molecule has 1 aliphatic rings. The van der Waals surface area contributed by atoms with Crippen LogP contribution in [0.3, 0.4) is 0 Å². The maximum Gasteiger partial charge on any atom is 0.352 e. The predicted molar refractivity (Wildman–Crippen MR) is 100 cm³/mol. The SMILES string of the molecule is COc1cccc2c1-c1ccc(C(F)(F)C(=O)NF)cc1C(c1ccccc1)O2. The van der Waals surface area contributed by atoms with E-state index in [9.17, 15) is 18.1 Å². The van der Waals surface area contributed by atoms with E-state index in [-0.39, 0.29) is 0 Å². The number of halogens is 3. The monoisotopic (exact) mass is 399 g/mol. The van der Waals surface area contributed by atoms with Crippen molar-refractivity contribution in [3.63, 3.8) is 0 Å². The summed E-state index contributed by atoms with van der Waals surface area (Å²) in [4.78, 5) is 11.4. The number of ether oxygens (including phenoxy) is 2. The van der Waals surface area contributed by atoms with Gasteiger partial charge in [-0.1, -0.05) is 48.5 Å². The van der Waals surface area contributed by atoms with E-state index < -0.39 is 23.5 Å². The van der Waals surface area contributed by atoms with E-state index in [0.717, 1.165) is 11.6 Å². The Bertz CT molecular complexity index is 1070. The van der Waals surface area contributed by atoms with Crippen LogP contribution in [0.4, 0.5) is 13.3 Å². The molecule has 0 aliphatic carbocycles. The molecule has 3 aromatic carbocycles. The fourth-order valence-electron chi connectivity index (χ4n) is 3.50. The Balaban J connectivity index is 1.95. The third kappa shape index (κ3) is 3.08. The molecule has 1 amide bonds. The van der Waals surface area contributed by atoms with Crippen LogP contribution in [0.15, 0.2) is 66.7 Å². The zero-order chi connectivity index (χ0) is 20.6. The summed E-state index contributed by atoms with van der Waals surface area (Å²) >= 11 is 0. The molecule has 1 heterocycles. The Hall–Kier alpha value is -3.48. The van der Waals surface area contributed by atoms with Crippen molar-refractivity contribution in [2.45, 2.75) is 12.0 Å². The van der Waals surface area contributed by atoms with Crippen LogP contribution in [0.2, 0.25) is 0 Å². The van der Waals surface area contributed by atoms with Gasteiger partial charge in [0, 0.05) is 11.1 Å². The summed E-state index contributed by atoms with van der Waals surface area (Å²) < 4.78 is 52.7. The topological polar surface area (TPSA) is 47.6 Å². The molecule has 0 saturated carbocycles. The molecule has 1 unspecified atom stereocenters. The van der Waals surface area contributed by atoms with Gasteiger partial charge in [-0.25, -0.2) is 0 Å². The lowest BCUT2D eigenvalue weighted by Crippen LogP contribution is -2.34. The van der Waals surface area contributed by atoms with Gasteiger partial charge < -0.3 is 9.47 Å². The maximum absolute atomic E-state index is 14.4. The zero-order valence-electron chi connectivity index (χ0n) is 15.3. The number of carbonyl (C=O) groups excluding carboxylic acids is 1. The van der Waals surface area contributed by atoms with Crippen molar-refractivity contribution in [3.8, 4) is 22.6 Å². The minimum atomic E-state index is -4.04. The van der Waals surface area contributed by atoms with Crippen molar-refractivity contribution in [2.24, 2.45) is 0 Å². The van der Waals surface area contributed by atoms with Crippen molar-refractivity contribution >= 4 is 5.91 Å². The van der Waals surface area contributed by atoms with E-state index in [1.54, 1.807) is 18.2 Å². The quantitative estimate of drug-likeness (QED) is 0.633. The van der Waals surface area contributed by atoms with Gasteiger partial charge in [0.2, 0.25) is 0 Å². The molecule has 3 aromatic rings. The summed E-state index contributed by atoms with van der Waals surface area (Å²) in [6.07, 6.45) is -0.685. The fraction of sp³-hybridized carbons (Fsp3) is 0.136. The molecular weight excluding hydrogens is 383 g/mol. The van der Waals surface area contributed by atoms with E-state index in [1.807, 2.05) is 30.3 Å². The van der Waals surface area contributed by atoms with E-state index in [4.69, 9.17) is 9.47 Å². The number of benzene rings is 3. The van der Waals surface area contributed by atoms with Crippen LogP contribution in [0.5, 0.6) is 11.5 Å². The molecule has 4 rings (SSSR count). The van der Waals surface area contributed by atoms with Crippen molar-refractivity contribution < 1.29 is 27.5 Å². The molecule has 0 radical (unpaired) electrons. The standard InChI is InChI=1S/C22H16F3NO3/c1-28-17-8-5-9-18-19(17)15-11-10-14(22(23,24)21(27)26-25)12-16(15)20(29-18)13-6-3-2-4-7-13/h2-12,20H,1H3,(H,26,27). The Kier molecular flexibility index (Phi) is 4.66. The summed E-state index contributed by atoms with van der Waals surface area (Å²) in [5.41, 5.74) is 2.33. The Morgan fingerprint density at radius 2 is 1.83 bits per heavy atom. The first kappa shape index (κ1) is 18.9. The summed E-state index contributed by atoms with van der Waals surface area (Å²) in [5, 5.41) is 0. The predicted octanol–water partition coefficient (Wildman–Crippen LogP) is 4.94. The smallest absolute Gasteiger partial charge is 0.352 e. The zero-order valence-corrected chi connectivity index (χ0v) is 15.3. The second-order valence-corrected chi connectivity index (χ2v) is 6.54. The number of amides is 1. The lowest BCUT2D eigenvalue weighted by molar-refractivity contribution is -0.151. The largest absolute Gasteiger partial charge is 0.496 e. The van der Waals surface area contributed by atoms with Gasteiger partial charge in [-0.2, -0.15) is 14.3 Å². The summed E-state index contributed by atoms with van der Waals surface area (Å²) in [6.45, 7) is 0. The second kappa shape index (κ2) is 7.16. The highest BCUT2D eigenvalue weighted by Gasteiger charge is 2.42. The van der Waals surface area contributed by atoms with Crippen molar-refractivity contribution in [1.29, 1.82) is 0 Å². The Morgan fingerprint density at radius 3 is 2.52 bits per heavy atom. The van der Waals surface area contributed by atoms with Crippen LogP contribution in [0.1, 0.15) is 22.8 Å². The van der Waals surface area contributed by atoms with Gasteiger partial charge >= 0.3 is 11.8 Å². The lowest BCUT2D eigenvalue weighted by Gasteiger charge is -2.31. The first-order valence-corrected chi connectivity index (χ1v) is 8.79. The third-order valence-corrected chi connectivity index (χ3v) is 4.89. The minimum absolute atomic E-state index is 0.428. The van der Waals surface area contributed by atoms with Crippen molar-refractivity contribution in [3.05, 3.63) is 83.4 Å². The fourth-order valence-corrected chi connectivity index (χ4v) is 3.50. The maximum atomic E-state index is 14.4. The molecule has 1 aliphatic heterocycles. The van der Waals surface area contributed by atoms with E-state index >= 15 is 0 Å². The van der Waals surface area contributed by atoms with Gasteiger partial charge in [0.25, 0.3) is 0 Å². The Labute approximate surface area is 164 Å². The van der Waals surface area contributed by atoms with E-state index in [0.29, 0.717) is 33.7 Å². The second-order valence-electron chi connectivity index (χ2n) is 6.54. The van der Waals surface area contributed by atoms with Crippen LogP contribution in [-0.2, 0) is 10.7 Å². The number of hydrogen-bond donors (Lipinski definition) is 1. The molecule has 7 heteroatoms. The third-order valence-electron chi connectivity index (χ3n) is 4.89. The molecule has 0 fully saturated rings. The summed E-state index contributed by atoms with van der Waals surface area (Å²) in [5.74, 6) is -4.99. The highest BCUT2D eigenvalue weighted by molar-refractivity contribution is 5.86. The van der Waals surface area contributed by atoms with Crippen molar-refractivity contribution in [1.82, 2.24) is 5.54 Å². The van der Waals surface area contributed by atoms with Crippen LogP contribution < -0.4 is 15.0 Å². The van der Waals surface area contributed by atoms with E-state index in [2.05, 4.69) is 0 Å². The number of carbonyl (C=O) groups is 1. The number of fused-ring (bicyclic) bond motifs is 3. The Morgan fingerprint density at radius 1 is 1.07 bits per heavy atom. The molecule has 4 nitrogen and oxygen atoms in total. The van der Waals surface area contributed by atoms with Gasteiger partial charge in [-0.3, -0.25) is 4.79 Å². The van der Waals surface area contributed by atoms with E-state index in [1.165, 1.54) is 19.2 Å². The minimum Gasteiger partial charge on any atom is -0.496 e. The highest BCUT2D eigenvalue weighted by Crippen LogP contribution is 2.49. The van der Waals surface area contributed by atoms with Crippen LogP contribution >= 0.6 is 0 Å². The molecule has 0 saturated heterocycles. The van der Waals surface area contributed by atoms with Gasteiger partial charge in [0.05, 0.1) is 12.7 Å². The van der Waals surface area contributed by atoms with Gasteiger partial charge in [-0.15, -0.1) is 4.48 Å². The molecule has 1 atom stereocenters. The molecule has 0 bridgehead atoms. The average Bonchev–Trinajstić information content (AvgIpc) is 2.77. The van der Waals surface area contributed by atoms with Gasteiger partial charge in [0.15, 0.2) is 0 Å². The molecule has 1 N–H and O–H groups in total. The average molecular weight is 399 g/mol. The van der Waals surface area contributed by atoms with Gasteiger partial charge in [0.1, 0.15) is 17.6 Å². The number of methoxy groups -OCH3 is 1. The number of hydrogen-bond acceptors (Lipinski definition) is 3. The first-order chi connectivity index (χ1) is 14.0. The first-order valence-electron chi connectivity index (χ1n) is 8.79. The number of nitrogens with one attached hydrogen (secondary N) is 1. The van der Waals surface area contributed by atoms with Crippen molar-refractivity contribution in [2.75, 3.05) is 7.11 Å². The lowest BCUT2D eigenvalue weighted by atomic mass is 9.87. The molecule has 29 heavy (non-hydrogen) atoms. The number of alkyl halides is 2. The molecule has 0 aromatic heterocycles. The van der Waals surface area contributed by atoms with Gasteiger partial charge in [-0.05, 0) is 29.3 Å². The summed E-state index contributed by atoms with van der Waals surface area (Å²) in [6, 6.07) is 18.2.